The van der Waals surface area contributed by atoms with E-state index in [4.69, 9.17) is 0 Å². The molecular weight excluding hydrogens is 279 g/mol. The fraction of sp³-hybridized carbons (Fsp3) is 0. The first-order chi connectivity index (χ1) is 0. The van der Waals surface area contributed by atoms with Gasteiger partial charge in [0.05, 0.1) is 0 Å². The minimum Gasteiger partial charge on any atom is 0 e. The molecule has 0 aliphatic carbocycles. The van der Waals surface area contributed by atoms with Crippen molar-refractivity contribution in [3.05, 3.63) is 0 Å². The molecule has 0 nitrogen and oxygen atoms in total. The van der Waals surface area contributed by atoms with Gasteiger partial charge in [-0.2, -0.15) is 0 Å². The first-order valence-corrected chi connectivity index (χ1v) is 0. The average Bonchev–Trinajstić information content (AvgIpc) is 0. The molecule has 0 rings (SSSR count). The Morgan fingerprint density at radius 1 is 1.00 bits per heavy atom. The largest absolute Gasteiger partial charge is 0.316 e. The average molecular weight is 287 g/mol. The predicted molar refractivity (Wildman–Crippen MR) is 28.4 cm³/mol. The number of hydrogen-bond acceptors (Lipinski definition) is 0. The van der Waals surface area contributed by atoms with E-state index in [0.29, 0.717) is 0 Å². The van der Waals surface area contributed by atoms with Crippen LogP contribution in [-0.4, -0.2) is 66.3 Å². The SMILES string of the molecule is [AlH3].[InH3].[MgH2].[Ti].[Zn]. The molecule has 0 aromatic heterocycles. The van der Waals surface area contributed by atoms with Crippen LogP contribution in [-0.2, 0) is 41.2 Å². The third-order valence-corrected chi connectivity index (χ3v) is 0. The Kier molecular flexibility index (Phi) is 202. The molecule has 0 unspecified atom stereocenters. The van der Waals surface area contributed by atoms with Crippen LogP contribution in [0.1, 0.15) is 0 Å². The van der Waals surface area contributed by atoms with E-state index in [-0.39, 0.29) is 107 Å². The monoisotopic (exact) mass is 286 g/mol. The van der Waals surface area contributed by atoms with Crippen molar-refractivity contribution < 1.29 is 41.2 Å². The van der Waals surface area contributed by atoms with E-state index in [1.54, 1.807) is 0 Å². The van der Waals surface area contributed by atoms with Gasteiger partial charge in [-0.1, -0.05) is 0 Å². The summed E-state index contributed by atoms with van der Waals surface area (Å²) in [7, 11) is 0. The summed E-state index contributed by atoms with van der Waals surface area (Å²) in [5.74, 6) is 0. The van der Waals surface area contributed by atoms with Gasteiger partial charge in [-0.05, 0) is 0 Å². The summed E-state index contributed by atoms with van der Waals surface area (Å²) in [6.07, 6.45) is 0. The zero-order valence-corrected chi connectivity index (χ0v) is 5.74. The van der Waals surface area contributed by atoms with Gasteiger partial charge in [0, 0.05) is 41.2 Å². The molecule has 0 fully saturated rings. The second kappa shape index (κ2) is 25.8. The zero-order valence-electron chi connectivity index (χ0n) is 1.21. The summed E-state index contributed by atoms with van der Waals surface area (Å²) in [6, 6.07) is 0. The van der Waals surface area contributed by atoms with Gasteiger partial charge >= 0.3 is 48.9 Å². The molecule has 22 valence electrons. The molecule has 0 radical (unpaired) electrons. The van der Waals surface area contributed by atoms with Gasteiger partial charge in [-0.3, -0.25) is 0 Å². The van der Waals surface area contributed by atoms with E-state index in [1.807, 2.05) is 0 Å². The standard InChI is InChI=1S/Al.In.Mg.Ti.Zn.8H. The van der Waals surface area contributed by atoms with Crippen molar-refractivity contribution in [1.82, 2.24) is 0 Å². The maximum atomic E-state index is 0. The topological polar surface area (TPSA) is 0 Å². The maximum absolute atomic E-state index is 0. The van der Waals surface area contributed by atoms with E-state index in [1.165, 1.54) is 0 Å². The van der Waals surface area contributed by atoms with E-state index in [9.17, 15) is 0 Å². The Morgan fingerprint density at radius 3 is 1.00 bits per heavy atom. The van der Waals surface area contributed by atoms with Crippen molar-refractivity contribution in [2.24, 2.45) is 0 Å². The number of rotatable bonds is 0. The molecule has 5 heavy (non-hydrogen) atoms. The van der Waals surface area contributed by atoms with Crippen LogP contribution in [0.4, 0.5) is 0 Å². The van der Waals surface area contributed by atoms with Gasteiger partial charge in [-0.25, -0.2) is 0 Å². The van der Waals surface area contributed by atoms with Gasteiger partial charge in [0.2, 0.25) is 0 Å². The summed E-state index contributed by atoms with van der Waals surface area (Å²) in [5.41, 5.74) is 0. The second-order valence-corrected chi connectivity index (χ2v) is 0. The minimum absolute atomic E-state index is 0. The van der Waals surface area contributed by atoms with Crippen molar-refractivity contribution in [3.63, 3.8) is 0 Å². The fourth-order valence-corrected chi connectivity index (χ4v) is 0. The fourth-order valence-electron chi connectivity index (χ4n) is 0. The molecule has 0 atom stereocenters. The number of hydrogen-bond donors (Lipinski definition) is 0. The van der Waals surface area contributed by atoms with Crippen LogP contribution in [0, 0.1) is 0 Å². The third kappa shape index (κ3) is 18.5. The molecule has 0 aromatic carbocycles. The van der Waals surface area contributed by atoms with E-state index in [2.05, 4.69) is 0 Å². The molecule has 0 aromatic rings. The first-order valence-electron chi connectivity index (χ1n) is 0. The molecule has 0 saturated heterocycles. The van der Waals surface area contributed by atoms with Gasteiger partial charge in [0.25, 0.3) is 0 Å². The van der Waals surface area contributed by atoms with Crippen LogP contribution in [0.5, 0.6) is 0 Å². The molecule has 0 saturated carbocycles. The summed E-state index contributed by atoms with van der Waals surface area (Å²) in [5, 5.41) is 0. The zero-order chi connectivity index (χ0) is 0. The molecule has 0 N–H and O–H groups in total. The van der Waals surface area contributed by atoms with Crippen LogP contribution in [0.15, 0.2) is 0 Å². The quantitative estimate of drug-likeness (QED) is 0.410. The Hall–Kier alpha value is 3.51. The molecule has 0 spiro atoms. The van der Waals surface area contributed by atoms with Crippen LogP contribution in [0.3, 0.4) is 0 Å². The Bertz CT molecular complexity index is 11.6. The van der Waals surface area contributed by atoms with E-state index < -0.39 is 0 Å². The van der Waals surface area contributed by atoms with Crippen molar-refractivity contribution in [1.29, 1.82) is 0 Å². The van der Waals surface area contributed by atoms with E-state index >= 15 is 0 Å². The summed E-state index contributed by atoms with van der Waals surface area (Å²) >= 11 is 0. The normalized spacial score (nSPS) is 0. The van der Waals surface area contributed by atoms with Crippen LogP contribution < -0.4 is 0 Å². The third-order valence-electron chi connectivity index (χ3n) is 0. The van der Waals surface area contributed by atoms with Gasteiger partial charge in [0.15, 0.2) is 17.4 Å². The Balaban J connectivity index is 0. The Morgan fingerprint density at radius 2 is 1.00 bits per heavy atom. The van der Waals surface area contributed by atoms with Crippen LogP contribution in [0.2, 0.25) is 0 Å². The summed E-state index contributed by atoms with van der Waals surface area (Å²) < 4.78 is 0. The van der Waals surface area contributed by atoms with Crippen molar-refractivity contribution in [3.8, 4) is 0 Å². The van der Waals surface area contributed by atoms with Crippen molar-refractivity contribution >= 4 is 66.3 Å². The van der Waals surface area contributed by atoms with Gasteiger partial charge in [-0.15, -0.1) is 0 Å². The van der Waals surface area contributed by atoms with Gasteiger partial charge < -0.3 is 0 Å². The Labute approximate surface area is 105 Å². The predicted octanol–water partition coefficient (Wildman–Crippen LogP) is -3.29. The molecule has 0 aliphatic rings. The molecule has 5 heteroatoms. The second-order valence-electron chi connectivity index (χ2n) is 0. The summed E-state index contributed by atoms with van der Waals surface area (Å²) in [6.45, 7) is 0. The van der Waals surface area contributed by atoms with Crippen molar-refractivity contribution in [2.75, 3.05) is 0 Å². The molecule has 0 bridgehead atoms. The van der Waals surface area contributed by atoms with Crippen molar-refractivity contribution in [2.45, 2.75) is 0 Å². The molecular formula is H8AlInMgTiZn. The molecule has 0 heterocycles. The summed E-state index contributed by atoms with van der Waals surface area (Å²) in [4.78, 5) is 0. The minimum atomic E-state index is 0. The van der Waals surface area contributed by atoms with Crippen LogP contribution >= 0.6 is 0 Å². The smallest absolute Gasteiger partial charge is 0 e. The van der Waals surface area contributed by atoms with Crippen LogP contribution in [0.25, 0.3) is 0 Å². The van der Waals surface area contributed by atoms with Gasteiger partial charge in [0.1, 0.15) is 0 Å². The maximum Gasteiger partial charge on any atom is 0.316 e. The first kappa shape index (κ1) is 39.0. The molecule has 0 aliphatic heterocycles. The van der Waals surface area contributed by atoms with E-state index in [0.717, 1.165) is 0 Å². The molecule has 0 amide bonds.